The van der Waals surface area contributed by atoms with Crippen molar-refractivity contribution in [3.8, 4) is 0 Å². The van der Waals surface area contributed by atoms with E-state index >= 15 is 0 Å². The first-order valence-electron chi connectivity index (χ1n) is 5.34. The molecular formula is C12H11N3O3S. The number of amides is 2. The average molecular weight is 277 g/mol. The summed E-state index contributed by atoms with van der Waals surface area (Å²) in [6, 6.07) is 11.0. The number of hydrogen-bond donors (Lipinski definition) is 1. The van der Waals surface area contributed by atoms with Gasteiger partial charge in [-0.15, -0.1) is 0 Å². The molecule has 1 aromatic heterocycles. The lowest BCUT2D eigenvalue weighted by molar-refractivity contribution is 0.256. The number of benzene rings is 1. The van der Waals surface area contributed by atoms with E-state index in [1.54, 1.807) is 30.3 Å². The monoisotopic (exact) mass is 277 g/mol. The van der Waals surface area contributed by atoms with Gasteiger partial charge in [0.25, 0.3) is 10.0 Å². The summed E-state index contributed by atoms with van der Waals surface area (Å²) in [5.74, 6) is -0.0427. The molecule has 0 fully saturated rings. The Kier molecular flexibility index (Phi) is 3.48. The summed E-state index contributed by atoms with van der Waals surface area (Å²) in [5.41, 5.74) is 5.16. The summed E-state index contributed by atoms with van der Waals surface area (Å²) in [7, 11) is -4.06. The molecule has 98 valence electrons. The quantitative estimate of drug-likeness (QED) is 0.916. The molecule has 6 nitrogen and oxygen atoms in total. The Morgan fingerprint density at radius 1 is 1.05 bits per heavy atom. The van der Waals surface area contributed by atoms with Crippen LogP contribution in [0.3, 0.4) is 0 Å². The lowest BCUT2D eigenvalue weighted by atomic mass is 10.4. The average Bonchev–Trinajstić information content (AvgIpc) is 2.40. The van der Waals surface area contributed by atoms with Crippen molar-refractivity contribution in [1.29, 1.82) is 0 Å². The number of pyridine rings is 1. The van der Waals surface area contributed by atoms with Gasteiger partial charge in [-0.3, -0.25) is 0 Å². The van der Waals surface area contributed by atoms with Crippen molar-refractivity contribution in [2.45, 2.75) is 4.90 Å². The smallest absolute Gasteiger partial charge is 0.334 e. The number of sulfonamides is 1. The minimum atomic E-state index is -4.06. The van der Waals surface area contributed by atoms with Crippen LogP contribution in [0.15, 0.2) is 59.6 Å². The van der Waals surface area contributed by atoms with Crippen molar-refractivity contribution >= 4 is 21.9 Å². The van der Waals surface area contributed by atoms with Gasteiger partial charge < -0.3 is 5.73 Å². The lowest BCUT2D eigenvalue weighted by Gasteiger charge is -2.19. The predicted molar refractivity (Wildman–Crippen MR) is 69.9 cm³/mol. The van der Waals surface area contributed by atoms with Crippen LogP contribution in [0.1, 0.15) is 0 Å². The van der Waals surface area contributed by atoms with Gasteiger partial charge in [0.05, 0.1) is 4.90 Å². The van der Waals surface area contributed by atoms with E-state index in [2.05, 4.69) is 4.98 Å². The van der Waals surface area contributed by atoms with Crippen molar-refractivity contribution in [3.63, 3.8) is 0 Å². The highest BCUT2D eigenvalue weighted by molar-refractivity contribution is 7.93. The number of urea groups is 1. The van der Waals surface area contributed by atoms with E-state index < -0.39 is 16.1 Å². The molecule has 1 aromatic carbocycles. The maximum absolute atomic E-state index is 12.4. The molecule has 2 amide bonds. The van der Waals surface area contributed by atoms with E-state index in [1.165, 1.54) is 24.4 Å². The van der Waals surface area contributed by atoms with Crippen molar-refractivity contribution in [3.05, 3.63) is 54.7 Å². The fourth-order valence-corrected chi connectivity index (χ4v) is 2.83. The standard InChI is InChI=1S/C12H11N3O3S/c13-12(16)15(11-8-4-5-9-14-11)19(17,18)10-6-2-1-3-7-10/h1-9H,(H2,13,16). The summed E-state index contributed by atoms with van der Waals surface area (Å²) in [6.45, 7) is 0. The van der Waals surface area contributed by atoms with Crippen molar-refractivity contribution in [2.75, 3.05) is 4.31 Å². The molecule has 2 aromatic rings. The normalized spacial score (nSPS) is 10.9. The van der Waals surface area contributed by atoms with Crippen LogP contribution >= 0.6 is 0 Å². The maximum atomic E-state index is 12.4. The Hall–Kier alpha value is -2.41. The third-order valence-electron chi connectivity index (χ3n) is 2.34. The van der Waals surface area contributed by atoms with Crippen LogP contribution in [0.5, 0.6) is 0 Å². The van der Waals surface area contributed by atoms with Gasteiger partial charge in [0.15, 0.2) is 5.82 Å². The van der Waals surface area contributed by atoms with Crippen molar-refractivity contribution in [1.82, 2.24) is 4.98 Å². The van der Waals surface area contributed by atoms with E-state index in [4.69, 9.17) is 5.73 Å². The molecule has 0 saturated heterocycles. The fraction of sp³-hybridized carbons (Fsp3) is 0. The number of aromatic nitrogens is 1. The van der Waals surface area contributed by atoms with E-state index in [0.717, 1.165) is 0 Å². The molecule has 2 rings (SSSR count). The Balaban J connectivity index is 2.55. The van der Waals surface area contributed by atoms with Crippen LogP contribution < -0.4 is 10.0 Å². The number of carbonyl (C=O) groups excluding carboxylic acids is 1. The number of rotatable bonds is 3. The first-order valence-corrected chi connectivity index (χ1v) is 6.78. The van der Waals surface area contributed by atoms with Gasteiger partial charge in [0, 0.05) is 6.20 Å². The molecule has 0 radical (unpaired) electrons. The van der Waals surface area contributed by atoms with E-state index in [-0.39, 0.29) is 10.7 Å². The summed E-state index contributed by atoms with van der Waals surface area (Å²) >= 11 is 0. The summed E-state index contributed by atoms with van der Waals surface area (Å²) < 4.78 is 25.2. The predicted octanol–water partition coefficient (Wildman–Crippen LogP) is 1.36. The Labute approximate surface area is 110 Å². The zero-order valence-corrected chi connectivity index (χ0v) is 10.6. The van der Waals surface area contributed by atoms with Gasteiger partial charge >= 0.3 is 6.03 Å². The second-order valence-electron chi connectivity index (χ2n) is 3.61. The number of primary amides is 1. The largest absolute Gasteiger partial charge is 0.350 e. The van der Waals surface area contributed by atoms with E-state index in [1.807, 2.05) is 0 Å². The Bertz CT molecular complexity index is 672. The van der Waals surface area contributed by atoms with Crippen LogP contribution in [-0.2, 0) is 10.0 Å². The van der Waals surface area contributed by atoms with Gasteiger partial charge in [-0.2, -0.15) is 4.31 Å². The molecule has 0 aliphatic rings. The van der Waals surface area contributed by atoms with E-state index in [9.17, 15) is 13.2 Å². The molecule has 0 spiro atoms. The second-order valence-corrected chi connectivity index (χ2v) is 5.40. The van der Waals surface area contributed by atoms with E-state index in [0.29, 0.717) is 4.31 Å². The molecule has 0 atom stereocenters. The summed E-state index contributed by atoms with van der Waals surface area (Å²) in [5, 5.41) is 0. The SMILES string of the molecule is NC(=O)N(c1ccccn1)S(=O)(=O)c1ccccc1. The molecule has 7 heteroatoms. The van der Waals surface area contributed by atoms with Gasteiger partial charge in [-0.1, -0.05) is 24.3 Å². The first kappa shape index (κ1) is 13.0. The minimum Gasteiger partial charge on any atom is -0.350 e. The molecule has 0 aliphatic carbocycles. The molecule has 1 heterocycles. The molecule has 0 aliphatic heterocycles. The highest BCUT2D eigenvalue weighted by atomic mass is 32.2. The molecule has 19 heavy (non-hydrogen) atoms. The van der Waals surface area contributed by atoms with Gasteiger partial charge in [-0.05, 0) is 24.3 Å². The number of carbonyl (C=O) groups is 1. The topological polar surface area (TPSA) is 93.4 Å². The third-order valence-corrected chi connectivity index (χ3v) is 4.05. The van der Waals surface area contributed by atoms with Crippen LogP contribution in [0.25, 0.3) is 0 Å². The van der Waals surface area contributed by atoms with Gasteiger partial charge in [0.1, 0.15) is 0 Å². The summed E-state index contributed by atoms with van der Waals surface area (Å²) in [4.78, 5) is 15.3. The number of anilines is 1. The van der Waals surface area contributed by atoms with Crippen LogP contribution in [0, 0.1) is 0 Å². The highest BCUT2D eigenvalue weighted by Crippen LogP contribution is 2.20. The minimum absolute atomic E-state index is 0.0283. The van der Waals surface area contributed by atoms with Crippen molar-refractivity contribution < 1.29 is 13.2 Å². The van der Waals surface area contributed by atoms with Crippen molar-refractivity contribution in [2.24, 2.45) is 5.73 Å². The lowest BCUT2D eigenvalue weighted by Crippen LogP contribution is -2.41. The zero-order valence-electron chi connectivity index (χ0n) is 9.80. The molecular weight excluding hydrogens is 266 g/mol. The Morgan fingerprint density at radius 3 is 2.21 bits per heavy atom. The molecule has 2 N–H and O–H groups in total. The molecule has 0 saturated carbocycles. The zero-order chi connectivity index (χ0) is 13.9. The van der Waals surface area contributed by atoms with Crippen LogP contribution in [-0.4, -0.2) is 19.4 Å². The fourth-order valence-electron chi connectivity index (χ4n) is 1.53. The van der Waals surface area contributed by atoms with Gasteiger partial charge in [-0.25, -0.2) is 18.2 Å². The number of nitrogens with zero attached hydrogens (tertiary/aromatic N) is 2. The molecule has 0 bridgehead atoms. The Morgan fingerprint density at radius 2 is 1.68 bits per heavy atom. The van der Waals surface area contributed by atoms with Crippen LogP contribution in [0.4, 0.5) is 10.6 Å². The molecule has 0 unspecified atom stereocenters. The maximum Gasteiger partial charge on any atom is 0.334 e. The van der Waals surface area contributed by atoms with Crippen LogP contribution in [0.2, 0.25) is 0 Å². The number of nitrogens with two attached hydrogens (primary N) is 1. The number of hydrogen-bond acceptors (Lipinski definition) is 4. The first-order chi connectivity index (χ1) is 9.03. The highest BCUT2D eigenvalue weighted by Gasteiger charge is 2.30. The third kappa shape index (κ3) is 2.55. The van der Waals surface area contributed by atoms with Gasteiger partial charge in [0.2, 0.25) is 0 Å². The summed E-state index contributed by atoms with van der Waals surface area (Å²) in [6.07, 6.45) is 1.38. The second kappa shape index (κ2) is 5.07.